The average Bonchev–Trinajstić information content (AvgIpc) is 2.30. The predicted octanol–water partition coefficient (Wildman–Crippen LogP) is 2.47. The molecule has 1 aromatic rings. The van der Waals surface area contributed by atoms with E-state index in [1.54, 1.807) is 0 Å². The third-order valence-electron chi connectivity index (χ3n) is 1.15. The number of carboxylic acids is 1. The molecule has 0 aliphatic heterocycles. The average molecular weight is 196 g/mol. The monoisotopic (exact) mass is 196 g/mol. The second kappa shape index (κ2) is 2.78. The van der Waals surface area contributed by atoms with Crippen LogP contribution in [0.15, 0.2) is 11.4 Å². The fourth-order valence-corrected chi connectivity index (χ4v) is 1.45. The smallest absolute Gasteiger partial charge is 0.426 e. The maximum Gasteiger partial charge on any atom is 0.426 e. The van der Waals surface area contributed by atoms with Crippen molar-refractivity contribution in [2.45, 2.75) is 6.18 Å². The molecule has 66 valence electrons. The molecule has 0 aromatic carbocycles. The zero-order valence-electron chi connectivity index (χ0n) is 5.55. The van der Waals surface area contributed by atoms with E-state index >= 15 is 0 Å². The second-order valence-corrected chi connectivity index (χ2v) is 2.88. The molecule has 0 saturated heterocycles. The van der Waals surface area contributed by atoms with Crippen LogP contribution >= 0.6 is 11.3 Å². The molecule has 0 aliphatic carbocycles. The lowest BCUT2D eigenvalue weighted by atomic mass is 10.2. The van der Waals surface area contributed by atoms with Crippen molar-refractivity contribution in [1.82, 2.24) is 0 Å². The van der Waals surface area contributed by atoms with Gasteiger partial charge in [0.15, 0.2) is 0 Å². The highest BCUT2D eigenvalue weighted by Gasteiger charge is 2.36. The Morgan fingerprint density at radius 1 is 1.50 bits per heavy atom. The summed E-state index contributed by atoms with van der Waals surface area (Å²) in [4.78, 5) is 9.18. The topological polar surface area (TPSA) is 37.3 Å². The van der Waals surface area contributed by atoms with Crippen LogP contribution in [0.2, 0.25) is 0 Å². The van der Waals surface area contributed by atoms with E-state index in [0.29, 0.717) is 11.3 Å². The standard InChI is InChI=1S/C6H3F3O2S/c7-6(8,9)4-3(5(10)11)1-2-12-4/h1-2H,(H,10,11). The molecule has 12 heavy (non-hydrogen) atoms. The summed E-state index contributed by atoms with van der Waals surface area (Å²) in [6.45, 7) is 0. The molecule has 1 N–H and O–H groups in total. The van der Waals surface area contributed by atoms with E-state index in [0.717, 1.165) is 11.4 Å². The van der Waals surface area contributed by atoms with Crippen molar-refractivity contribution in [2.24, 2.45) is 0 Å². The van der Waals surface area contributed by atoms with Gasteiger partial charge in [0.1, 0.15) is 4.88 Å². The lowest BCUT2D eigenvalue weighted by Crippen LogP contribution is -2.08. The van der Waals surface area contributed by atoms with Crippen molar-refractivity contribution >= 4 is 17.3 Å². The Morgan fingerprint density at radius 2 is 2.08 bits per heavy atom. The Kier molecular flexibility index (Phi) is 2.10. The van der Waals surface area contributed by atoms with E-state index in [-0.39, 0.29) is 0 Å². The van der Waals surface area contributed by atoms with E-state index in [4.69, 9.17) is 5.11 Å². The molecule has 0 spiro atoms. The molecule has 0 bridgehead atoms. The van der Waals surface area contributed by atoms with E-state index in [2.05, 4.69) is 0 Å². The van der Waals surface area contributed by atoms with Crippen molar-refractivity contribution in [3.63, 3.8) is 0 Å². The molecule has 1 aromatic heterocycles. The minimum atomic E-state index is -4.57. The van der Waals surface area contributed by atoms with Crippen molar-refractivity contribution in [3.05, 3.63) is 21.9 Å². The molecule has 0 amide bonds. The Balaban J connectivity index is 3.17. The number of thiophene rings is 1. The summed E-state index contributed by atoms with van der Waals surface area (Å²) in [6.07, 6.45) is -4.57. The third-order valence-corrected chi connectivity index (χ3v) is 2.11. The molecule has 6 heteroatoms. The maximum atomic E-state index is 12.0. The minimum Gasteiger partial charge on any atom is -0.478 e. The van der Waals surface area contributed by atoms with Gasteiger partial charge in [-0.1, -0.05) is 0 Å². The quantitative estimate of drug-likeness (QED) is 0.749. The summed E-state index contributed by atoms with van der Waals surface area (Å²) < 4.78 is 36.0. The SMILES string of the molecule is O=C(O)c1ccsc1C(F)(F)F. The number of rotatable bonds is 1. The number of hydrogen-bond acceptors (Lipinski definition) is 2. The van der Waals surface area contributed by atoms with Gasteiger partial charge in [-0.2, -0.15) is 13.2 Å². The van der Waals surface area contributed by atoms with Gasteiger partial charge in [-0.25, -0.2) is 4.79 Å². The number of carboxylic acid groups (broad SMARTS) is 1. The first-order chi connectivity index (χ1) is 5.43. The van der Waals surface area contributed by atoms with Crippen LogP contribution < -0.4 is 0 Å². The van der Waals surface area contributed by atoms with Gasteiger partial charge in [-0.05, 0) is 11.4 Å². The molecule has 2 nitrogen and oxygen atoms in total. The van der Waals surface area contributed by atoms with Crippen molar-refractivity contribution in [1.29, 1.82) is 0 Å². The van der Waals surface area contributed by atoms with Crippen LogP contribution in [-0.2, 0) is 6.18 Å². The Bertz CT molecular complexity index is 302. The van der Waals surface area contributed by atoms with Crippen LogP contribution in [0.4, 0.5) is 13.2 Å². The largest absolute Gasteiger partial charge is 0.478 e. The first-order valence-corrected chi connectivity index (χ1v) is 3.69. The van der Waals surface area contributed by atoms with Crippen LogP contribution in [0, 0.1) is 0 Å². The van der Waals surface area contributed by atoms with Gasteiger partial charge in [0.05, 0.1) is 5.56 Å². The van der Waals surface area contributed by atoms with Gasteiger partial charge in [0, 0.05) is 0 Å². The number of carbonyl (C=O) groups is 1. The minimum absolute atomic E-state index is 0.379. The molecule has 0 radical (unpaired) electrons. The fraction of sp³-hybridized carbons (Fsp3) is 0.167. The molecule has 0 fully saturated rings. The molecular weight excluding hydrogens is 193 g/mol. The van der Waals surface area contributed by atoms with Gasteiger partial charge >= 0.3 is 12.1 Å². The Morgan fingerprint density at radius 3 is 2.42 bits per heavy atom. The molecular formula is C6H3F3O2S. The number of aromatic carboxylic acids is 1. The number of hydrogen-bond donors (Lipinski definition) is 1. The van der Waals surface area contributed by atoms with E-state index in [1.165, 1.54) is 0 Å². The normalized spacial score (nSPS) is 11.6. The first kappa shape index (κ1) is 9.05. The van der Waals surface area contributed by atoms with Gasteiger partial charge in [0.2, 0.25) is 0 Å². The lowest BCUT2D eigenvalue weighted by Gasteiger charge is -2.03. The predicted molar refractivity (Wildman–Crippen MR) is 36.3 cm³/mol. The Hall–Kier alpha value is -1.04. The van der Waals surface area contributed by atoms with Crippen molar-refractivity contribution < 1.29 is 23.1 Å². The zero-order valence-corrected chi connectivity index (χ0v) is 6.37. The molecule has 1 rings (SSSR count). The summed E-state index contributed by atoms with van der Waals surface area (Å²) in [7, 11) is 0. The molecule has 1 heterocycles. The van der Waals surface area contributed by atoms with Crippen LogP contribution in [0.3, 0.4) is 0 Å². The number of halogens is 3. The third kappa shape index (κ3) is 1.58. The van der Waals surface area contributed by atoms with Crippen molar-refractivity contribution in [3.8, 4) is 0 Å². The van der Waals surface area contributed by atoms with Gasteiger partial charge in [-0.15, -0.1) is 11.3 Å². The molecule has 0 saturated carbocycles. The van der Waals surface area contributed by atoms with Crippen molar-refractivity contribution in [2.75, 3.05) is 0 Å². The number of alkyl halides is 3. The molecule has 0 aliphatic rings. The van der Waals surface area contributed by atoms with Crippen LogP contribution in [0.25, 0.3) is 0 Å². The van der Waals surface area contributed by atoms with E-state index < -0.39 is 22.6 Å². The highest BCUT2D eigenvalue weighted by Crippen LogP contribution is 2.35. The van der Waals surface area contributed by atoms with Gasteiger partial charge in [-0.3, -0.25) is 0 Å². The van der Waals surface area contributed by atoms with E-state index in [9.17, 15) is 18.0 Å². The highest BCUT2D eigenvalue weighted by atomic mass is 32.1. The fourth-order valence-electron chi connectivity index (χ4n) is 0.697. The van der Waals surface area contributed by atoms with Crippen LogP contribution in [0.5, 0.6) is 0 Å². The summed E-state index contributed by atoms with van der Waals surface area (Å²) in [6, 6.07) is 0.940. The second-order valence-electron chi connectivity index (χ2n) is 1.97. The first-order valence-electron chi connectivity index (χ1n) is 2.81. The zero-order chi connectivity index (χ0) is 9.35. The molecule has 0 unspecified atom stereocenters. The maximum absolute atomic E-state index is 12.0. The van der Waals surface area contributed by atoms with Crippen LogP contribution in [0.1, 0.15) is 15.2 Å². The summed E-state index contributed by atoms with van der Waals surface area (Å²) in [5, 5.41) is 9.43. The van der Waals surface area contributed by atoms with E-state index in [1.807, 2.05) is 0 Å². The summed E-state index contributed by atoms with van der Waals surface area (Å²) in [5.74, 6) is -1.55. The Labute approximate surface area is 69.3 Å². The van der Waals surface area contributed by atoms with Gasteiger partial charge in [0.25, 0.3) is 0 Å². The molecule has 0 atom stereocenters. The highest BCUT2D eigenvalue weighted by molar-refractivity contribution is 7.10. The van der Waals surface area contributed by atoms with Crippen LogP contribution in [-0.4, -0.2) is 11.1 Å². The summed E-state index contributed by atoms with van der Waals surface area (Å²) >= 11 is 0.379. The summed E-state index contributed by atoms with van der Waals surface area (Å²) in [5.41, 5.74) is -0.687. The van der Waals surface area contributed by atoms with Gasteiger partial charge < -0.3 is 5.11 Å². The lowest BCUT2D eigenvalue weighted by molar-refractivity contribution is -0.134.